The first-order valence-electron chi connectivity index (χ1n) is 12.3. The number of anilines is 2. The molecule has 0 unspecified atom stereocenters. The number of aromatic amines is 1. The zero-order valence-electron chi connectivity index (χ0n) is 20.5. The minimum absolute atomic E-state index is 0.176. The zero-order valence-corrected chi connectivity index (χ0v) is 20.5. The standard InChI is InChI=1S/C25H38N8O/c1-4-18(2)6-10-27-9-5-12-32(23-7-11-30-31-23)16-19-14-20(15-22(19)34)33-13-8-21-24(26-3)28-17-29-25(21)33/h4,7-8,11,13,17,19-20,22,27,34H,5-6,9-10,12,14-16H2,1-3H3,(H,30,31)(H,26,28,29)/b18-4+/t19-,20-,22+/m1/s1. The minimum Gasteiger partial charge on any atom is -0.393 e. The molecule has 184 valence electrons. The molecule has 34 heavy (non-hydrogen) atoms. The summed E-state index contributed by atoms with van der Waals surface area (Å²) in [6, 6.07) is 4.29. The largest absolute Gasteiger partial charge is 0.393 e. The van der Waals surface area contributed by atoms with Gasteiger partial charge in [-0.05, 0) is 58.7 Å². The third-order valence-corrected chi connectivity index (χ3v) is 7.01. The van der Waals surface area contributed by atoms with Crippen LogP contribution >= 0.6 is 0 Å². The maximum Gasteiger partial charge on any atom is 0.150 e. The van der Waals surface area contributed by atoms with Gasteiger partial charge in [-0.2, -0.15) is 5.10 Å². The van der Waals surface area contributed by atoms with E-state index in [0.717, 1.165) is 74.5 Å². The molecule has 0 spiro atoms. The molecule has 3 atom stereocenters. The van der Waals surface area contributed by atoms with Gasteiger partial charge in [0.2, 0.25) is 0 Å². The van der Waals surface area contributed by atoms with Gasteiger partial charge in [-0.15, -0.1) is 0 Å². The van der Waals surface area contributed by atoms with Crippen molar-refractivity contribution in [2.45, 2.75) is 51.7 Å². The molecule has 3 heterocycles. The van der Waals surface area contributed by atoms with E-state index in [-0.39, 0.29) is 18.1 Å². The van der Waals surface area contributed by atoms with Crippen LogP contribution < -0.4 is 15.5 Å². The monoisotopic (exact) mass is 466 g/mol. The highest BCUT2D eigenvalue weighted by Gasteiger charge is 2.36. The quantitative estimate of drug-likeness (QED) is 0.240. The second-order valence-electron chi connectivity index (χ2n) is 9.25. The van der Waals surface area contributed by atoms with Gasteiger partial charge >= 0.3 is 0 Å². The Kier molecular flexibility index (Phi) is 8.18. The van der Waals surface area contributed by atoms with Crippen molar-refractivity contribution >= 4 is 22.7 Å². The third kappa shape index (κ3) is 5.59. The van der Waals surface area contributed by atoms with Gasteiger partial charge in [0.25, 0.3) is 0 Å². The van der Waals surface area contributed by atoms with Gasteiger partial charge < -0.3 is 25.2 Å². The van der Waals surface area contributed by atoms with Gasteiger partial charge in [-0.25, -0.2) is 9.97 Å². The SMILES string of the molecule is C/C=C(\C)CCNCCCN(C[C@H]1C[C@@H](n2ccc3c(NC)ncnc32)C[C@@H]1O)c1cc[nH]n1. The van der Waals surface area contributed by atoms with Crippen LogP contribution in [0.1, 0.15) is 45.6 Å². The molecule has 1 fully saturated rings. The normalized spacial score (nSPS) is 20.8. The maximum absolute atomic E-state index is 11.0. The van der Waals surface area contributed by atoms with Crippen molar-refractivity contribution in [3.05, 3.63) is 42.5 Å². The molecule has 1 saturated carbocycles. The van der Waals surface area contributed by atoms with Crippen molar-refractivity contribution in [2.24, 2.45) is 5.92 Å². The van der Waals surface area contributed by atoms with Gasteiger partial charge in [-0.3, -0.25) is 5.10 Å². The van der Waals surface area contributed by atoms with Crippen molar-refractivity contribution in [2.75, 3.05) is 43.4 Å². The van der Waals surface area contributed by atoms with Crippen LogP contribution in [0.2, 0.25) is 0 Å². The fraction of sp³-hybridized carbons (Fsp3) is 0.560. The number of fused-ring (bicyclic) bond motifs is 1. The molecule has 3 aromatic heterocycles. The lowest BCUT2D eigenvalue weighted by molar-refractivity contribution is 0.133. The molecule has 0 aliphatic heterocycles. The van der Waals surface area contributed by atoms with Crippen LogP contribution in [0.3, 0.4) is 0 Å². The average molecular weight is 467 g/mol. The van der Waals surface area contributed by atoms with E-state index in [1.54, 1.807) is 6.33 Å². The first-order valence-corrected chi connectivity index (χ1v) is 12.3. The topological polar surface area (TPSA) is 107 Å². The van der Waals surface area contributed by atoms with Crippen molar-refractivity contribution in [3.63, 3.8) is 0 Å². The van der Waals surface area contributed by atoms with E-state index < -0.39 is 0 Å². The Bertz CT molecular complexity index is 1060. The van der Waals surface area contributed by atoms with Crippen LogP contribution in [-0.2, 0) is 0 Å². The Morgan fingerprint density at radius 3 is 2.94 bits per heavy atom. The van der Waals surface area contributed by atoms with Crippen molar-refractivity contribution in [1.82, 2.24) is 30.0 Å². The number of allylic oxidation sites excluding steroid dienone is 1. The lowest BCUT2D eigenvalue weighted by Crippen LogP contribution is -2.35. The molecule has 1 aliphatic carbocycles. The summed E-state index contributed by atoms with van der Waals surface area (Å²) in [5, 5.41) is 26.0. The van der Waals surface area contributed by atoms with E-state index in [0.29, 0.717) is 0 Å². The molecule has 4 N–H and O–H groups in total. The summed E-state index contributed by atoms with van der Waals surface area (Å²) in [5.74, 6) is 1.95. The van der Waals surface area contributed by atoms with Gasteiger partial charge in [0.05, 0.1) is 11.5 Å². The van der Waals surface area contributed by atoms with Crippen molar-refractivity contribution in [3.8, 4) is 0 Å². The van der Waals surface area contributed by atoms with Crippen LogP contribution in [0.25, 0.3) is 11.0 Å². The fourth-order valence-electron chi connectivity index (χ4n) is 4.92. The summed E-state index contributed by atoms with van der Waals surface area (Å²) in [5.41, 5.74) is 2.33. The van der Waals surface area contributed by atoms with E-state index in [1.165, 1.54) is 5.57 Å². The molecule has 9 heteroatoms. The molecule has 3 aromatic rings. The Morgan fingerprint density at radius 1 is 1.29 bits per heavy atom. The zero-order chi connectivity index (χ0) is 23.9. The summed E-state index contributed by atoms with van der Waals surface area (Å²) < 4.78 is 2.20. The highest BCUT2D eigenvalue weighted by atomic mass is 16.3. The Morgan fingerprint density at radius 2 is 2.18 bits per heavy atom. The molecule has 1 aliphatic rings. The van der Waals surface area contributed by atoms with Crippen LogP contribution in [-0.4, -0.2) is 69.2 Å². The van der Waals surface area contributed by atoms with E-state index in [9.17, 15) is 5.11 Å². The summed E-state index contributed by atoms with van der Waals surface area (Å²) in [7, 11) is 1.87. The molecular weight excluding hydrogens is 428 g/mol. The first kappa shape index (κ1) is 24.2. The van der Waals surface area contributed by atoms with E-state index in [4.69, 9.17) is 0 Å². The molecule has 4 rings (SSSR count). The lowest BCUT2D eigenvalue weighted by Gasteiger charge is -2.27. The predicted molar refractivity (Wildman–Crippen MR) is 137 cm³/mol. The average Bonchev–Trinajstić information content (AvgIpc) is 3.60. The number of hydrogen-bond donors (Lipinski definition) is 4. The number of aromatic nitrogens is 5. The van der Waals surface area contributed by atoms with Gasteiger partial charge in [0, 0.05) is 50.6 Å². The lowest BCUT2D eigenvalue weighted by atomic mass is 10.0. The van der Waals surface area contributed by atoms with E-state index in [2.05, 4.69) is 72.5 Å². The van der Waals surface area contributed by atoms with Gasteiger partial charge in [0.1, 0.15) is 23.6 Å². The van der Waals surface area contributed by atoms with Crippen LogP contribution in [0.5, 0.6) is 0 Å². The van der Waals surface area contributed by atoms with Crippen molar-refractivity contribution in [1.29, 1.82) is 0 Å². The maximum atomic E-state index is 11.0. The smallest absolute Gasteiger partial charge is 0.150 e. The number of H-pyrrole nitrogens is 1. The summed E-state index contributed by atoms with van der Waals surface area (Å²) in [6.07, 6.45) is 11.1. The number of nitrogens with one attached hydrogen (secondary N) is 3. The second-order valence-corrected chi connectivity index (χ2v) is 9.25. The van der Waals surface area contributed by atoms with Crippen molar-refractivity contribution < 1.29 is 5.11 Å². The first-order chi connectivity index (χ1) is 16.6. The fourth-order valence-corrected chi connectivity index (χ4v) is 4.92. The molecular formula is C25H38N8O. The predicted octanol–water partition coefficient (Wildman–Crippen LogP) is 3.35. The summed E-state index contributed by atoms with van der Waals surface area (Å²) in [6.45, 7) is 7.92. The molecule has 0 saturated heterocycles. The molecule has 0 radical (unpaired) electrons. The molecule has 0 amide bonds. The molecule has 0 bridgehead atoms. The van der Waals surface area contributed by atoms with Crippen LogP contribution in [0.4, 0.5) is 11.6 Å². The third-order valence-electron chi connectivity index (χ3n) is 7.01. The minimum atomic E-state index is -0.351. The second kappa shape index (κ2) is 11.5. The molecule has 9 nitrogen and oxygen atoms in total. The van der Waals surface area contributed by atoms with Gasteiger partial charge in [0.15, 0.2) is 0 Å². The highest BCUT2D eigenvalue weighted by molar-refractivity contribution is 5.87. The van der Waals surface area contributed by atoms with E-state index >= 15 is 0 Å². The van der Waals surface area contributed by atoms with Crippen LogP contribution in [0, 0.1) is 5.92 Å². The molecule has 0 aromatic carbocycles. The number of aliphatic hydroxyl groups excluding tert-OH is 1. The Balaban J connectivity index is 1.37. The number of hydrogen-bond acceptors (Lipinski definition) is 7. The van der Waals surface area contributed by atoms with E-state index in [1.807, 2.05) is 19.3 Å². The summed E-state index contributed by atoms with van der Waals surface area (Å²) >= 11 is 0. The number of nitrogens with zero attached hydrogens (tertiary/aromatic N) is 5. The number of aliphatic hydroxyl groups is 1. The highest BCUT2D eigenvalue weighted by Crippen LogP contribution is 2.38. The number of rotatable bonds is 12. The van der Waals surface area contributed by atoms with Crippen LogP contribution in [0.15, 0.2) is 42.5 Å². The Hall–Kier alpha value is -2.91. The summed E-state index contributed by atoms with van der Waals surface area (Å²) in [4.78, 5) is 11.1. The van der Waals surface area contributed by atoms with Gasteiger partial charge in [-0.1, -0.05) is 11.6 Å². The Labute approximate surface area is 201 Å².